The van der Waals surface area contributed by atoms with Gasteiger partial charge in [-0.15, -0.1) is 11.3 Å². The SMILES string of the molecule is O=C(NC1CCCC1)[C@@H](c1cccs1)N(C(=O)c1ccco1)c1ccccc1Cl. The second-order valence-corrected chi connectivity index (χ2v) is 8.40. The minimum atomic E-state index is -0.840. The molecule has 2 heterocycles. The number of hydrogen-bond acceptors (Lipinski definition) is 4. The predicted octanol–water partition coefficient (Wildman–Crippen LogP) is 5.44. The van der Waals surface area contributed by atoms with Gasteiger partial charge in [0.1, 0.15) is 0 Å². The summed E-state index contributed by atoms with van der Waals surface area (Å²) in [4.78, 5) is 29.1. The molecule has 4 rings (SSSR count). The third kappa shape index (κ3) is 4.23. The van der Waals surface area contributed by atoms with E-state index in [-0.39, 0.29) is 17.7 Å². The molecule has 0 aliphatic heterocycles. The smallest absolute Gasteiger partial charge is 0.295 e. The molecule has 1 N–H and O–H groups in total. The molecule has 1 aromatic carbocycles. The predicted molar refractivity (Wildman–Crippen MR) is 114 cm³/mol. The Hall–Kier alpha value is -2.57. The number of benzene rings is 1. The van der Waals surface area contributed by atoms with Crippen LogP contribution in [-0.2, 0) is 4.79 Å². The third-order valence-electron chi connectivity index (χ3n) is 5.08. The Labute approximate surface area is 178 Å². The zero-order chi connectivity index (χ0) is 20.2. The maximum absolute atomic E-state index is 13.4. The maximum Gasteiger partial charge on any atom is 0.295 e. The molecule has 2 aromatic heterocycles. The molecule has 0 unspecified atom stereocenters. The number of amides is 2. The zero-order valence-electron chi connectivity index (χ0n) is 15.7. The number of halogens is 1. The van der Waals surface area contributed by atoms with Crippen molar-refractivity contribution >= 4 is 40.4 Å². The van der Waals surface area contributed by atoms with E-state index in [1.165, 1.54) is 22.5 Å². The van der Waals surface area contributed by atoms with Gasteiger partial charge in [-0.3, -0.25) is 14.5 Å². The van der Waals surface area contributed by atoms with Crippen molar-refractivity contribution in [3.8, 4) is 0 Å². The highest BCUT2D eigenvalue weighted by Gasteiger charge is 2.37. The molecule has 1 aliphatic rings. The Balaban J connectivity index is 1.78. The largest absolute Gasteiger partial charge is 0.459 e. The van der Waals surface area contributed by atoms with Crippen molar-refractivity contribution in [2.45, 2.75) is 37.8 Å². The van der Waals surface area contributed by atoms with E-state index in [0.717, 1.165) is 30.6 Å². The average Bonchev–Trinajstić information content (AvgIpc) is 3.49. The molecule has 7 heteroatoms. The van der Waals surface area contributed by atoms with Crippen molar-refractivity contribution in [2.75, 3.05) is 4.90 Å². The van der Waals surface area contributed by atoms with Crippen LogP contribution >= 0.6 is 22.9 Å². The normalized spacial score (nSPS) is 15.2. The highest BCUT2D eigenvalue weighted by atomic mass is 35.5. The fourth-order valence-corrected chi connectivity index (χ4v) is 4.74. The molecule has 1 aliphatic carbocycles. The molecule has 29 heavy (non-hydrogen) atoms. The summed E-state index contributed by atoms with van der Waals surface area (Å²) in [5.74, 6) is -0.470. The van der Waals surface area contributed by atoms with Gasteiger partial charge in [0, 0.05) is 10.9 Å². The van der Waals surface area contributed by atoms with Crippen LogP contribution in [0, 0.1) is 0 Å². The van der Waals surface area contributed by atoms with Gasteiger partial charge in [-0.25, -0.2) is 0 Å². The first-order chi connectivity index (χ1) is 14.1. The van der Waals surface area contributed by atoms with Crippen molar-refractivity contribution in [1.29, 1.82) is 0 Å². The number of furan rings is 1. The highest BCUT2D eigenvalue weighted by Crippen LogP contribution is 2.36. The van der Waals surface area contributed by atoms with Crippen LogP contribution in [0.15, 0.2) is 64.6 Å². The van der Waals surface area contributed by atoms with Crippen molar-refractivity contribution in [3.63, 3.8) is 0 Å². The lowest BCUT2D eigenvalue weighted by atomic mass is 10.1. The van der Waals surface area contributed by atoms with E-state index in [1.54, 1.807) is 36.4 Å². The Morgan fingerprint density at radius 1 is 1.10 bits per heavy atom. The number of nitrogens with one attached hydrogen (secondary N) is 1. The summed E-state index contributed by atoms with van der Waals surface area (Å²) in [7, 11) is 0. The third-order valence-corrected chi connectivity index (χ3v) is 6.33. The van der Waals surface area contributed by atoms with Gasteiger partial charge in [-0.1, -0.05) is 42.6 Å². The number of para-hydroxylation sites is 1. The van der Waals surface area contributed by atoms with Crippen LogP contribution in [0.25, 0.3) is 0 Å². The molecule has 0 radical (unpaired) electrons. The molecule has 1 atom stereocenters. The summed E-state index contributed by atoms with van der Waals surface area (Å²) in [6.07, 6.45) is 5.57. The minimum Gasteiger partial charge on any atom is -0.459 e. The standard InChI is InChI=1S/C22H21ClN2O3S/c23-16-9-3-4-10-17(16)25(22(27)18-11-5-13-28-18)20(19-12-6-14-29-19)21(26)24-15-7-1-2-8-15/h3-6,9-15,20H,1-2,7-8H2,(H,24,26)/t20-/m1/s1. The molecule has 0 spiro atoms. The first-order valence-corrected chi connectivity index (χ1v) is 10.9. The Morgan fingerprint density at radius 3 is 2.55 bits per heavy atom. The molecule has 1 fully saturated rings. The lowest BCUT2D eigenvalue weighted by Gasteiger charge is -2.31. The summed E-state index contributed by atoms with van der Waals surface area (Å²) in [5, 5.41) is 5.42. The molecule has 150 valence electrons. The lowest BCUT2D eigenvalue weighted by molar-refractivity contribution is -0.123. The van der Waals surface area contributed by atoms with Crippen molar-refractivity contribution in [1.82, 2.24) is 5.32 Å². The zero-order valence-corrected chi connectivity index (χ0v) is 17.3. The van der Waals surface area contributed by atoms with Crippen LogP contribution in [0.5, 0.6) is 0 Å². The van der Waals surface area contributed by atoms with Crippen molar-refractivity contribution in [2.24, 2.45) is 0 Å². The molecule has 3 aromatic rings. The van der Waals surface area contributed by atoms with Gasteiger partial charge in [0.05, 0.1) is 17.0 Å². The first-order valence-electron chi connectivity index (χ1n) is 9.60. The number of rotatable bonds is 6. The maximum atomic E-state index is 13.4. The Bertz CT molecular complexity index is 966. The lowest BCUT2D eigenvalue weighted by Crippen LogP contribution is -2.46. The molecule has 0 bridgehead atoms. The number of anilines is 1. The van der Waals surface area contributed by atoms with E-state index >= 15 is 0 Å². The second-order valence-electron chi connectivity index (χ2n) is 7.01. The molecular formula is C22H21ClN2O3S. The van der Waals surface area contributed by atoms with E-state index in [2.05, 4.69) is 5.32 Å². The number of hydrogen-bond donors (Lipinski definition) is 1. The average molecular weight is 429 g/mol. The van der Waals surface area contributed by atoms with Gasteiger partial charge < -0.3 is 9.73 Å². The van der Waals surface area contributed by atoms with Gasteiger partial charge in [0.2, 0.25) is 5.91 Å². The number of carbonyl (C=O) groups is 2. The Kier molecular flexibility index (Phi) is 6.02. The van der Waals surface area contributed by atoms with E-state index in [0.29, 0.717) is 10.7 Å². The number of thiophene rings is 1. The van der Waals surface area contributed by atoms with Gasteiger partial charge in [0.25, 0.3) is 5.91 Å². The van der Waals surface area contributed by atoms with E-state index < -0.39 is 11.9 Å². The molecule has 0 saturated heterocycles. The van der Waals surface area contributed by atoms with Crippen LogP contribution in [-0.4, -0.2) is 17.9 Å². The van der Waals surface area contributed by atoms with Crippen LogP contribution in [0.1, 0.15) is 47.2 Å². The van der Waals surface area contributed by atoms with Crippen LogP contribution in [0.3, 0.4) is 0 Å². The van der Waals surface area contributed by atoms with Crippen molar-refractivity contribution < 1.29 is 14.0 Å². The minimum absolute atomic E-state index is 0.136. The van der Waals surface area contributed by atoms with Crippen LogP contribution in [0.4, 0.5) is 5.69 Å². The molecule has 1 saturated carbocycles. The summed E-state index contributed by atoms with van der Waals surface area (Å²) in [5.41, 5.74) is 0.468. The monoisotopic (exact) mass is 428 g/mol. The highest BCUT2D eigenvalue weighted by molar-refractivity contribution is 7.10. The summed E-state index contributed by atoms with van der Waals surface area (Å²) >= 11 is 7.88. The van der Waals surface area contributed by atoms with E-state index in [9.17, 15) is 9.59 Å². The van der Waals surface area contributed by atoms with Gasteiger partial charge >= 0.3 is 0 Å². The van der Waals surface area contributed by atoms with Crippen LogP contribution in [0.2, 0.25) is 5.02 Å². The van der Waals surface area contributed by atoms with Gasteiger partial charge in [-0.05, 0) is 48.6 Å². The van der Waals surface area contributed by atoms with Gasteiger partial charge in [-0.2, -0.15) is 0 Å². The molecular weight excluding hydrogens is 408 g/mol. The summed E-state index contributed by atoms with van der Waals surface area (Å²) < 4.78 is 5.36. The number of carbonyl (C=O) groups excluding carboxylic acids is 2. The fourth-order valence-electron chi connectivity index (χ4n) is 3.70. The van der Waals surface area contributed by atoms with Crippen LogP contribution < -0.4 is 10.2 Å². The van der Waals surface area contributed by atoms with Crippen molar-refractivity contribution in [3.05, 3.63) is 75.8 Å². The quantitative estimate of drug-likeness (QED) is 0.568. The summed E-state index contributed by atoms with van der Waals surface area (Å²) in [6, 6.07) is 13.3. The number of nitrogens with zero attached hydrogens (tertiary/aromatic N) is 1. The fraction of sp³-hybridized carbons (Fsp3) is 0.273. The second kappa shape index (κ2) is 8.84. The van der Waals surface area contributed by atoms with E-state index in [4.69, 9.17) is 16.0 Å². The van der Waals surface area contributed by atoms with Gasteiger partial charge in [0.15, 0.2) is 11.8 Å². The molecule has 5 nitrogen and oxygen atoms in total. The first kappa shape index (κ1) is 19.7. The topological polar surface area (TPSA) is 62.6 Å². The summed E-state index contributed by atoms with van der Waals surface area (Å²) in [6.45, 7) is 0. The Morgan fingerprint density at radius 2 is 1.90 bits per heavy atom. The van der Waals surface area contributed by atoms with E-state index in [1.807, 2.05) is 17.5 Å². The molecule has 2 amide bonds.